The number of thiophene rings is 1. The first-order valence-electron chi connectivity index (χ1n) is 8.38. The summed E-state index contributed by atoms with van der Waals surface area (Å²) in [6.07, 6.45) is -1.05. The van der Waals surface area contributed by atoms with Gasteiger partial charge in [0.15, 0.2) is 12.7 Å². The highest BCUT2D eigenvalue weighted by Gasteiger charge is 2.21. The van der Waals surface area contributed by atoms with Gasteiger partial charge in [-0.25, -0.2) is 4.79 Å². The van der Waals surface area contributed by atoms with E-state index < -0.39 is 23.9 Å². The molecule has 0 fully saturated rings. The van der Waals surface area contributed by atoms with Crippen molar-refractivity contribution in [2.75, 3.05) is 11.9 Å². The molecule has 27 heavy (non-hydrogen) atoms. The molecule has 1 heterocycles. The SMILES string of the molecule is CC(C)c1ccc(OCC(=O)O[C@H](C)C(=O)Nc2sccc2C(N)=O)cc1. The van der Waals surface area contributed by atoms with Crippen molar-refractivity contribution in [2.45, 2.75) is 32.8 Å². The minimum Gasteiger partial charge on any atom is -0.482 e. The molecule has 2 rings (SSSR count). The van der Waals surface area contributed by atoms with Crippen molar-refractivity contribution in [1.82, 2.24) is 0 Å². The zero-order chi connectivity index (χ0) is 20.0. The van der Waals surface area contributed by atoms with Crippen LogP contribution < -0.4 is 15.8 Å². The lowest BCUT2D eigenvalue weighted by Crippen LogP contribution is -2.32. The summed E-state index contributed by atoms with van der Waals surface area (Å²) < 4.78 is 10.4. The number of benzene rings is 1. The van der Waals surface area contributed by atoms with Crippen LogP contribution in [0.2, 0.25) is 0 Å². The van der Waals surface area contributed by atoms with Gasteiger partial charge in [-0.2, -0.15) is 0 Å². The topological polar surface area (TPSA) is 108 Å². The third-order valence-electron chi connectivity index (χ3n) is 3.75. The lowest BCUT2D eigenvalue weighted by Gasteiger charge is -2.14. The molecule has 2 amide bonds. The summed E-state index contributed by atoms with van der Waals surface area (Å²) >= 11 is 1.16. The summed E-state index contributed by atoms with van der Waals surface area (Å²) in [5.74, 6) is -0.936. The monoisotopic (exact) mass is 390 g/mol. The van der Waals surface area contributed by atoms with Gasteiger partial charge in [0.25, 0.3) is 11.8 Å². The minimum absolute atomic E-state index is 0.208. The van der Waals surface area contributed by atoms with Crippen LogP contribution in [0.4, 0.5) is 5.00 Å². The fourth-order valence-corrected chi connectivity index (χ4v) is 2.98. The molecule has 0 saturated carbocycles. The third kappa shape index (κ3) is 5.82. The highest BCUT2D eigenvalue weighted by molar-refractivity contribution is 7.14. The number of esters is 1. The summed E-state index contributed by atoms with van der Waals surface area (Å²) in [6, 6.07) is 8.93. The van der Waals surface area contributed by atoms with Gasteiger partial charge >= 0.3 is 5.97 Å². The fraction of sp³-hybridized carbons (Fsp3) is 0.316. The van der Waals surface area contributed by atoms with Crippen LogP contribution >= 0.6 is 11.3 Å². The highest BCUT2D eigenvalue weighted by Crippen LogP contribution is 2.23. The summed E-state index contributed by atoms with van der Waals surface area (Å²) in [5.41, 5.74) is 6.60. The number of hydrogen-bond acceptors (Lipinski definition) is 6. The Labute approximate surface area is 161 Å². The highest BCUT2D eigenvalue weighted by atomic mass is 32.1. The van der Waals surface area contributed by atoms with Gasteiger partial charge in [-0.05, 0) is 42.0 Å². The molecule has 7 nitrogen and oxygen atoms in total. The number of primary amides is 1. The van der Waals surface area contributed by atoms with Crippen LogP contribution in [0, 0.1) is 0 Å². The van der Waals surface area contributed by atoms with Gasteiger partial charge in [0.1, 0.15) is 10.8 Å². The molecular formula is C19H22N2O5S. The Morgan fingerprint density at radius 2 is 1.78 bits per heavy atom. The Bertz CT molecular complexity index is 814. The van der Waals surface area contributed by atoms with E-state index in [1.54, 1.807) is 17.5 Å². The molecule has 0 spiro atoms. The molecule has 3 N–H and O–H groups in total. The van der Waals surface area contributed by atoms with Crippen LogP contribution in [-0.4, -0.2) is 30.5 Å². The number of rotatable bonds is 8. The second-order valence-electron chi connectivity index (χ2n) is 6.16. The number of nitrogens with one attached hydrogen (secondary N) is 1. The van der Waals surface area contributed by atoms with E-state index in [1.807, 2.05) is 12.1 Å². The average molecular weight is 390 g/mol. The first-order valence-corrected chi connectivity index (χ1v) is 9.26. The fourth-order valence-electron chi connectivity index (χ4n) is 2.19. The maximum absolute atomic E-state index is 12.1. The second kappa shape index (κ2) is 9.18. The molecule has 144 valence electrons. The molecule has 1 aromatic heterocycles. The molecule has 1 atom stereocenters. The van der Waals surface area contributed by atoms with E-state index in [-0.39, 0.29) is 12.2 Å². The standard InChI is InChI=1S/C19H22N2O5S/c1-11(2)13-4-6-14(7-5-13)25-10-16(22)26-12(3)18(24)21-19-15(17(20)23)8-9-27-19/h4-9,11-12H,10H2,1-3H3,(H2,20,23)(H,21,24)/t12-/m1/s1. The maximum atomic E-state index is 12.1. The van der Waals surface area contributed by atoms with Crippen LogP contribution in [0.5, 0.6) is 5.75 Å². The number of carbonyl (C=O) groups excluding carboxylic acids is 3. The zero-order valence-electron chi connectivity index (χ0n) is 15.4. The third-order valence-corrected chi connectivity index (χ3v) is 4.58. The van der Waals surface area contributed by atoms with E-state index in [0.717, 1.165) is 11.3 Å². The normalized spacial score (nSPS) is 11.7. The average Bonchev–Trinajstić information content (AvgIpc) is 3.08. The minimum atomic E-state index is -1.05. The predicted molar refractivity (Wildman–Crippen MR) is 103 cm³/mol. The van der Waals surface area contributed by atoms with Gasteiger partial charge in [0.2, 0.25) is 0 Å². The van der Waals surface area contributed by atoms with Gasteiger partial charge in [-0.1, -0.05) is 26.0 Å². The molecule has 0 saturated heterocycles. The molecule has 0 aliphatic carbocycles. The van der Waals surface area contributed by atoms with Gasteiger partial charge in [0, 0.05) is 0 Å². The van der Waals surface area contributed by atoms with Crippen molar-refractivity contribution < 1.29 is 23.9 Å². The molecule has 0 bridgehead atoms. The molecule has 2 aromatic rings. The lowest BCUT2D eigenvalue weighted by atomic mass is 10.0. The summed E-state index contributed by atoms with van der Waals surface area (Å²) in [5, 5.41) is 4.47. The smallest absolute Gasteiger partial charge is 0.344 e. The van der Waals surface area contributed by atoms with Crippen LogP contribution in [0.3, 0.4) is 0 Å². The van der Waals surface area contributed by atoms with Crippen LogP contribution in [-0.2, 0) is 14.3 Å². The Balaban J connectivity index is 1.83. The van der Waals surface area contributed by atoms with Crippen molar-refractivity contribution in [3.8, 4) is 5.75 Å². The van der Waals surface area contributed by atoms with Crippen LogP contribution in [0.15, 0.2) is 35.7 Å². The summed E-state index contributed by atoms with van der Waals surface area (Å²) in [6.45, 7) is 5.29. The number of carbonyl (C=O) groups is 3. The Hall–Kier alpha value is -2.87. The van der Waals surface area contributed by atoms with Gasteiger partial charge in [-0.3, -0.25) is 9.59 Å². The predicted octanol–water partition coefficient (Wildman–Crippen LogP) is 2.92. The van der Waals surface area contributed by atoms with E-state index in [9.17, 15) is 14.4 Å². The second-order valence-corrected chi connectivity index (χ2v) is 7.08. The largest absolute Gasteiger partial charge is 0.482 e. The summed E-state index contributed by atoms with van der Waals surface area (Å²) in [7, 11) is 0. The lowest BCUT2D eigenvalue weighted by molar-refractivity contribution is -0.155. The van der Waals surface area contributed by atoms with Crippen molar-refractivity contribution >= 4 is 34.1 Å². The van der Waals surface area contributed by atoms with E-state index in [1.165, 1.54) is 18.6 Å². The van der Waals surface area contributed by atoms with Crippen LogP contribution in [0.25, 0.3) is 0 Å². The molecule has 0 radical (unpaired) electrons. The molecule has 0 aliphatic rings. The summed E-state index contributed by atoms with van der Waals surface area (Å²) in [4.78, 5) is 35.3. The van der Waals surface area contributed by atoms with E-state index in [0.29, 0.717) is 16.7 Å². The number of amides is 2. The van der Waals surface area contributed by atoms with Crippen molar-refractivity contribution in [2.24, 2.45) is 5.73 Å². The Morgan fingerprint density at radius 1 is 1.11 bits per heavy atom. The maximum Gasteiger partial charge on any atom is 0.344 e. The van der Waals surface area contributed by atoms with Gasteiger partial charge in [0.05, 0.1) is 5.56 Å². The first kappa shape index (κ1) is 20.4. The molecule has 0 aliphatic heterocycles. The number of ether oxygens (including phenoxy) is 2. The van der Waals surface area contributed by atoms with Crippen molar-refractivity contribution in [3.05, 3.63) is 46.8 Å². The zero-order valence-corrected chi connectivity index (χ0v) is 16.2. The van der Waals surface area contributed by atoms with Gasteiger partial charge < -0.3 is 20.5 Å². The number of anilines is 1. The number of hydrogen-bond donors (Lipinski definition) is 2. The first-order chi connectivity index (χ1) is 12.8. The van der Waals surface area contributed by atoms with Crippen LogP contribution in [0.1, 0.15) is 42.6 Å². The van der Waals surface area contributed by atoms with E-state index in [4.69, 9.17) is 15.2 Å². The molecule has 1 aromatic carbocycles. The van der Waals surface area contributed by atoms with Gasteiger partial charge in [-0.15, -0.1) is 11.3 Å². The molecule has 0 unspecified atom stereocenters. The Morgan fingerprint density at radius 3 is 2.37 bits per heavy atom. The molecular weight excluding hydrogens is 368 g/mol. The molecule has 8 heteroatoms. The van der Waals surface area contributed by atoms with Crippen molar-refractivity contribution in [1.29, 1.82) is 0 Å². The quantitative estimate of drug-likeness (QED) is 0.674. The van der Waals surface area contributed by atoms with Crippen molar-refractivity contribution in [3.63, 3.8) is 0 Å². The van der Waals surface area contributed by atoms with E-state index in [2.05, 4.69) is 19.2 Å². The van der Waals surface area contributed by atoms with E-state index >= 15 is 0 Å². The Kier molecular flexibility index (Phi) is 6.95. The number of nitrogens with two attached hydrogens (primary N) is 1.